The lowest BCUT2D eigenvalue weighted by Gasteiger charge is -2.27. The highest BCUT2D eigenvalue weighted by atomic mass is 32.1. The third-order valence-electron chi connectivity index (χ3n) is 5.46. The quantitative estimate of drug-likeness (QED) is 0.598. The van der Waals surface area contributed by atoms with Crippen molar-refractivity contribution in [2.45, 2.75) is 66.2 Å². The fourth-order valence-corrected chi connectivity index (χ4v) is 4.75. The normalized spacial score (nSPS) is 18.3. The molecule has 178 valence electrons. The molecule has 0 unspecified atom stereocenters. The minimum atomic E-state index is -0.721. The second-order valence-corrected chi connectivity index (χ2v) is 10.6. The van der Waals surface area contributed by atoms with Gasteiger partial charge in [0.1, 0.15) is 6.04 Å². The number of nitrogens with one attached hydrogen (secondary N) is 2. The number of nitrogens with zero attached hydrogens (tertiary/aromatic N) is 2. The number of hydrogen-bond donors (Lipinski definition) is 3. The minimum absolute atomic E-state index is 0.137. The first kappa shape index (κ1) is 24.9. The van der Waals surface area contributed by atoms with Gasteiger partial charge in [-0.05, 0) is 29.5 Å². The molecule has 0 spiro atoms. The molecule has 1 fully saturated rings. The minimum Gasteiger partial charge on any atom is -0.391 e. The Labute approximate surface area is 198 Å². The van der Waals surface area contributed by atoms with Crippen molar-refractivity contribution in [3.63, 3.8) is 0 Å². The van der Waals surface area contributed by atoms with Crippen LogP contribution in [0, 0.1) is 12.3 Å². The number of aryl methyl sites for hydroxylation is 1. The molecule has 0 aliphatic carbocycles. The molecule has 2 heterocycles. The van der Waals surface area contributed by atoms with Crippen LogP contribution in [0.1, 0.15) is 51.8 Å². The van der Waals surface area contributed by atoms with Crippen LogP contribution in [0.4, 0.5) is 5.69 Å². The van der Waals surface area contributed by atoms with E-state index in [9.17, 15) is 19.5 Å². The summed E-state index contributed by atoms with van der Waals surface area (Å²) in [4.78, 5) is 44.2. The summed E-state index contributed by atoms with van der Waals surface area (Å²) < 4.78 is 0. The zero-order chi connectivity index (χ0) is 24.3. The van der Waals surface area contributed by atoms with Gasteiger partial charge in [-0.1, -0.05) is 32.9 Å². The van der Waals surface area contributed by atoms with E-state index in [-0.39, 0.29) is 42.6 Å². The topological polar surface area (TPSA) is 112 Å². The predicted octanol–water partition coefficient (Wildman–Crippen LogP) is 3.09. The Hall–Kier alpha value is -2.78. The largest absolute Gasteiger partial charge is 0.391 e. The molecule has 3 N–H and O–H groups in total. The van der Waals surface area contributed by atoms with Gasteiger partial charge in [-0.2, -0.15) is 0 Å². The molecule has 0 radical (unpaired) electrons. The van der Waals surface area contributed by atoms with E-state index >= 15 is 0 Å². The summed E-state index contributed by atoms with van der Waals surface area (Å²) in [6.07, 6.45) is -0.208. The van der Waals surface area contributed by atoms with Gasteiger partial charge in [0.25, 0.3) is 0 Å². The van der Waals surface area contributed by atoms with Gasteiger partial charge in [-0.3, -0.25) is 14.4 Å². The summed E-state index contributed by atoms with van der Waals surface area (Å²) in [5, 5.41) is 15.8. The lowest BCUT2D eigenvalue weighted by atomic mass is 9.91. The van der Waals surface area contributed by atoms with E-state index in [4.69, 9.17) is 0 Å². The number of aliphatic hydroxyl groups excluding tert-OH is 1. The maximum atomic E-state index is 13.0. The smallest absolute Gasteiger partial charge is 0.243 e. The molecule has 1 saturated heterocycles. The van der Waals surface area contributed by atoms with E-state index in [0.29, 0.717) is 12.1 Å². The summed E-state index contributed by atoms with van der Waals surface area (Å²) in [5.41, 5.74) is 4.77. The number of amides is 3. The maximum Gasteiger partial charge on any atom is 0.243 e. The fraction of sp³-hybridized carbons (Fsp3) is 0.500. The summed E-state index contributed by atoms with van der Waals surface area (Å²) in [7, 11) is 0. The van der Waals surface area contributed by atoms with Crippen LogP contribution in [0.25, 0.3) is 10.4 Å². The first-order chi connectivity index (χ1) is 15.4. The van der Waals surface area contributed by atoms with Crippen LogP contribution in [0.5, 0.6) is 0 Å². The van der Waals surface area contributed by atoms with Crippen LogP contribution in [-0.2, 0) is 20.9 Å². The molecule has 1 aromatic carbocycles. The number of rotatable bonds is 6. The van der Waals surface area contributed by atoms with Gasteiger partial charge in [0.05, 0.1) is 22.2 Å². The Morgan fingerprint density at radius 1 is 1.27 bits per heavy atom. The predicted molar refractivity (Wildman–Crippen MR) is 129 cm³/mol. The second kappa shape index (κ2) is 10.0. The zero-order valence-electron chi connectivity index (χ0n) is 19.8. The molecule has 8 nitrogen and oxygen atoms in total. The summed E-state index contributed by atoms with van der Waals surface area (Å²) in [6, 6.07) is 4.97. The Balaban J connectivity index is 1.75. The van der Waals surface area contributed by atoms with Crippen molar-refractivity contribution in [1.29, 1.82) is 0 Å². The Morgan fingerprint density at radius 2 is 2.00 bits per heavy atom. The number of thiazole rings is 1. The lowest BCUT2D eigenvalue weighted by Crippen LogP contribution is -2.46. The molecule has 0 bridgehead atoms. The first-order valence-electron chi connectivity index (χ1n) is 11.0. The monoisotopic (exact) mass is 472 g/mol. The third-order valence-corrected chi connectivity index (χ3v) is 6.44. The van der Waals surface area contributed by atoms with Crippen LogP contribution >= 0.6 is 11.3 Å². The number of anilines is 1. The van der Waals surface area contributed by atoms with Crippen LogP contribution in [0.2, 0.25) is 0 Å². The number of aliphatic hydroxyl groups is 1. The Bertz CT molecular complexity index is 1040. The zero-order valence-corrected chi connectivity index (χ0v) is 20.6. The van der Waals surface area contributed by atoms with Crippen molar-refractivity contribution in [3.8, 4) is 10.4 Å². The molecule has 3 amide bonds. The highest BCUT2D eigenvalue weighted by molar-refractivity contribution is 7.13. The van der Waals surface area contributed by atoms with Crippen molar-refractivity contribution < 1.29 is 19.5 Å². The van der Waals surface area contributed by atoms with E-state index in [1.807, 2.05) is 45.9 Å². The van der Waals surface area contributed by atoms with Gasteiger partial charge in [0.15, 0.2) is 0 Å². The van der Waals surface area contributed by atoms with Gasteiger partial charge in [0, 0.05) is 38.5 Å². The molecule has 33 heavy (non-hydrogen) atoms. The van der Waals surface area contributed by atoms with E-state index in [1.54, 1.807) is 5.51 Å². The Morgan fingerprint density at radius 3 is 2.61 bits per heavy atom. The summed E-state index contributed by atoms with van der Waals surface area (Å²) in [5.74, 6) is -0.661. The number of likely N-dealkylation sites (tertiary alicyclic amines) is 1. The van der Waals surface area contributed by atoms with Gasteiger partial charge >= 0.3 is 0 Å². The van der Waals surface area contributed by atoms with Crippen LogP contribution in [0.15, 0.2) is 23.7 Å². The van der Waals surface area contributed by atoms with Crippen LogP contribution < -0.4 is 10.6 Å². The molecule has 1 aliphatic rings. The highest BCUT2D eigenvalue weighted by Crippen LogP contribution is 2.31. The number of carbonyl (C=O) groups excluding carboxylic acids is 3. The van der Waals surface area contributed by atoms with Crippen molar-refractivity contribution in [2.75, 3.05) is 11.9 Å². The second-order valence-electron chi connectivity index (χ2n) is 9.73. The van der Waals surface area contributed by atoms with Crippen molar-refractivity contribution >= 4 is 34.7 Å². The molecule has 2 atom stereocenters. The standard InChI is InChI=1S/C24H32N4O4S/c1-14-22(33-13-26-14)16-6-7-17(19(8-16)27-15(2)29)11-25-23(32)20-9-18(30)12-28(20)21(31)10-24(3,4)5/h6-8,13,18,20,30H,9-12H2,1-5H3,(H,25,32)(H,27,29)/t18-,20+/m1/s1. The van der Waals surface area contributed by atoms with Gasteiger partial charge < -0.3 is 20.6 Å². The van der Waals surface area contributed by atoms with E-state index in [1.165, 1.54) is 23.2 Å². The Kier molecular flexibility index (Phi) is 7.54. The number of β-amino-alcohol motifs (C(OH)–C–C–N with tert-alkyl or cyclic N) is 1. The number of aromatic nitrogens is 1. The first-order valence-corrected chi connectivity index (χ1v) is 11.9. The van der Waals surface area contributed by atoms with E-state index in [2.05, 4.69) is 15.6 Å². The summed E-state index contributed by atoms with van der Waals surface area (Å²) in [6.45, 7) is 9.61. The highest BCUT2D eigenvalue weighted by Gasteiger charge is 2.39. The van der Waals surface area contributed by atoms with Crippen LogP contribution in [-0.4, -0.2) is 51.4 Å². The summed E-state index contributed by atoms with van der Waals surface area (Å²) >= 11 is 1.52. The average Bonchev–Trinajstić information content (AvgIpc) is 3.30. The van der Waals surface area contributed by atoms with E-state index in [0.717, 1.165) is 21.7 Å². The molecular weight excluding hydrogens is 440 g/mol. The van der Waals surface area contributed by atoms with Crippen molar-refractivity contribution in [1.82, 2.24) is 15.2 Å². The number of carbonyl (C=O) groups is 3. The van der Waals surface area contributed by atoms with E-state index < -0.39 is 12.1 Å². The average molecular weight is 473 g/mol. The molecule has 2 aromatic rings. The molecule has 3 rings (SSSR count). The van der Waals surface area contributed by atoms with Crippen molar-refractivity contribution in [2.24, 2.45) is 5.41 Å². The molecule has 9 heteroatoms. The number of hydrogen-bond acceptors (Lipinski definition) is 6. The third kappa shape index (κ3) is 6.39. The lowest BCUT2D eigenvalue weighted by molar-refractivity contribution is -0.140. The SMILES string of the molecule is CC(=O)Nc1cc(-c2scnc2C)ccc1CNC(=O)[C@@H]1C[C@@H](O)CN1C(=O)CC(C)(C)C. The van der Waals surface area contributed by atoms with Gasteiger partial charge in [-0.15, -0.1) is 11.3 Å². The molecule has 1 aliphatic heterocycles. The fourth-order valence-electron chi connectivity index (χ4n) is 3.95. The van der Waals surface area contributed by atoms with Gasteiger partial charge in [-0.25, -0.2) is 4.98 Å². The molecular formula is C24H32N4O4S. The van der Waals surface area contributed by atoms with Gasteiger partial charge in [0.2, 0.25) is 17.7 Å². The molecule has 0 saturated carbocycles. The van der Waals surface area contributed by atoms with Crippen molar-refractivity contribution in [3.05, 3.63) is 35.0 Å². The van der Waals surface area contributed by atoms with Crippen LogP contribution in [0.3, 0.4) is 0 Å². The number of benzene rings is 1. The maximum absolute atomic E-state index is 13.0. The molecule has 1 aromatic heterocycles.